The quantitative estimate of drug-likeness (QED) is 0.142. The molecule has 4 fully saturated rings. The van der Waals surface area contributed by atoms with Crippen molar-refractivity contribution in [2.45, 2.75) is 89.4 Å². The lowest BCUT2D eigenvalue weighted by atomic mass is 9.92. The van der Waals surface area contributed by atoms with Crippen LogP contribution in [0.4, 0.5) is 11.6 Å². The van der Waals surface area contributed by atoms with Gasteiger partial charge in [0.15, 0.2) is 22.9 Å². The summed E-state index contributed by atoms with van der Waals surface area (Å²) < 4.78 is 60.8. The number of nitrogens with zero attached hydrogens (tertiary/aromatic N) is 12. The maximum Gasteiger partial charge on any atom is 0.308 e. The highest BCUT2D eigenvalue weighted by Crippen LogP contribution is 2.46. The molecule has 4 bridgehead atoms. The minimum Gasteiger partial charge on any atom is -0.348 e. The summed E-state index contributed by atoms with van der Waals surface area (Å²) in [7, 11) is 0.375. The van der Waals surface area contributed by atoms with E-state index >= 15 is 0 Å². The van der Waals surface area contributed by atoms with Gasteiger partial charge in [0.25, 0.3) is 0 Å². The molecule has 4 saturated heterocycles. The van der Waals surface area contributed by atoms with E-state index < -0.39 is 20.4 Å². The summed E-state index contributed by atoms with van der Waals surface area (Å²) >= 11 is 16.2. The standard InChI is InChI=1S/C24H27BrClN7O2S.C16H21BrIN5O2S/c1-13-9-14-5-6-15(10-13)33(14)24-22(25)27-21-17(12-32(23(21)28-24)36(34,35)30(2)3)16-7-8-19-18(20(16)26)11-31(4)29-19;1-9-6-10-4-5-11(7-9)23(10)16-14(17)19-13-12(18)8-22(15(13)20-16)26(24,25)21(2)3/h7-8,11-15H,5-6,9-10H2,1-4H3;8-11H,4-7H2,1-3H3/t13?,14-,15+;9?,10-,11+. The van der Waals surface area contributed by atoms with Crippen molar-refractivity contribution >= 4 is 131 Å². The Balaban J connectivity index is 0.000000167. The van der Waals surface area contributed by atoms with Gasteiger partial charge >= 0.3 is 20.4 Å². The highest BCUT2D eigenvalue weighted by molar-refractivity contribution is 14.1. The zero-order valence-electron chi connectivity index (χ0n) is 35.3. The first-order valence-electron chi connectivity index (χ1n) is 20.6. The zero-order chi connectivity index (χ0) is 44.3. The van der Waals surface area contributed by atoms with Gasteiger partial charge in [0.2, 0.25) is 0 Å². The molecule has 5 aromatic heterocycles. The van der Waals surface area contributed by atoms with Gasteiger partial charge in [-0.15, -0.1) is 0 Å². The summed E-state index contributed by atoms with van der Waals surface area (Å²) in [6.07, 6.45) is 14.1. The van der Waals surface area contributed by atoms with E-state index in [2.05, 4.69) is 88.2 Å². The molecule has 6 atom stereocenters. The van der Waals surface area contributed by atoms with Crippen molar-refractivity contribution in [2.75, 3.05) is 38.0 Å². The molecule has 0 saturated carbocycles. The summed E-state index contributed by atoms with van der Waals surface area (Å²) in [5.74, 6) is 2.86. The van der Waals surface area contributed by atoms with Crippen molar-refractivity contribution in [3.05, 3.63) is 48.5 Å². The maximum absolute atomic E-state index is 13.4. The number of anilines is 2. The minimum atomic E-state index is -3.87. The average molecular weight is 1150 g/mol. The van der Waals surface area contributed by atoms with E-state index in [-0.39, 0.29) is 5.65 Å². The molecular weight excluding hydrogens is 1100 g/mol. The van der Waals surface area contributed by atoms with Crippen LogP contribution in [0.1, 0.15) is 65.2 Å². The average Bonchev–Trinajstić information content (AvgIpc) is 3.98. The Morgan fingerprint density at radius 3 is 1.61 bits per heavy atom. The maximum atomic E-state index is 13.4. The van der Waals surface area contributed by atoms with Crippen LogP contribution in [0.3, 0.4) is 0 Å². The summed E-state index contributed by atoms with van der Waals surface area (Å²) in [5, 5.41) is 5.71. The predicted octanol–water partition coefficient (Wildman–Crippen LogP) is 8.04. The van der Waals surface area contributed by atoms with Crippen LogP contribution in [0, 0.1) is 15.4 Å². The molecule has 10 rings (SSSR count). The number of rotatable bonds is 7. The Kier molecular flexibility index (Phi) is 11.7. The molecule has 0 amide bonds. The van der Waals surface area contributed by atoms with Gasteiger partial charge in [0.1, 0.15) is 20.2 Å². The Morgan fingerprint density at radius 1 is 0.677 bits per heavy atom. The van der Waals surface area contributed by atoms with Gasteiger partial charge in [-0.3, -0.25) is 4.68 Å². The van der Waals surface area contributed by atoms with Crippen LogP contribution in [0.15, 0.2) is 39.9 Å². The summed E-state index contributed by atoms with van der Waals surface area (Å²) in [6.45, 7) is 4.61. The van der Waals surface area contributed by atoms with E-state index in [9.17, 15) is 16.8 Å². The predicted molar refractivity (Wildman–Crippen MR) is 259 cm³/mol. The molecule has 2 unspecified atom stereocenters. The second-order valence-electron chi connectivity index (χ2n) is 17.6. The molecule has 4 aliphatic rings. The van der Waals surface area contributed by atoms with E-state index in [1.165, 1.54) is 44.7 Å². The monoisotopic (exact) mass is 1140 g/mol. The molecule has 332 valence electrons. The van der Waals surface area contributed by atoms with Crippen molar-refractivity contribution in [1.82, 2.24) is 46.3 Å². The Labute approximate surface area is 397 Å². The molecule has 16 nitrogen and oxygen atoms in total. The van der Waals surface area contributed by atoms with E-state index in [1.807, 2.05) is 25.4 Å². The van der Waals surface area contributed by atoms with Crippen molar-refractivity contribution in [2.24, 2.45) is 18.9 Å². The van der Waals surface area contributed by atoms with Gasteiger partial charge in [-0.1, -0.05) is 31.5 Å². The largest absolute Gasteiger partial charge is 0.348 e. The fraction of sp³-hybridized carbons (Fsp3) is 0.525. The van der Waals surface area contributed by atoms with E-state index in [4.69, 9.17) is 26.6 Å². The van der Waals surface area contributed by atoms with E-state index in [1.54, 1.807) is 17.1 Å². The number of aromatic nitrogens is 8. The van der Waals surface area contributed by atoms with Crippen LogP contribution >= 0.6 is 66.1 Å². The molecule has 4 aliphatic heterocycles. The van der Waals surface area contributed by atoms with Gasteiger partial charge in [-0.05, 0) is 124 Å². The third-order valence-corrected chi connectivity index (χ3v) is 18.5. The molecule has 0 N–H and O–H groups in total. The van der Waals surface area contributed by atoms with Crippen LogP contribution in [-0.4, -0.2) is 115 Å². The lowest BCUT2D eigenvalue weighted by molar-refractivity contribution is 0.361. The van der Waals surface area contributed by atoms with Crippen LogP contribution < -0.4 is 9.80 Å². The van der Waals surface area contributed by atoms with Gasteiger partial charge in [0.05, 0.1) is 14.1 Å². The molecule has 1 aromatic carbocycles. The van der Waals surface area contributed by atoms with Gasteiger partial charge in [-0.25, -0.2) is 27.9 Å². The lowest BCUT2D eigenvalue weighted by Gasteiger charge is -2.39. The number of piperidine rings is 2. The topological polar surface area (TPSA) is 160 Å². The Bertz CT molecular complexity index is 2970. The first kappa shape index (κ1) is 44.5. The normalized spacial score (nSPS) is 24.0. The number of hydrogen-bond donors (Lipinski definition) is 0. The first-order valence-corrected chi connectivity index (χ1v) is 26.5. The summed E-state index contributed by atoms with van der Waals surface area (Å²) in [4.78, 5) is 24.0. The SMILES string of the molecule is CC1C[C@H]2CC[C@@H](C1)N2c1nc2c(nc1Br)c(-c1ccc3nn(C)cc3c1Cl)cn2S(=O)(=O)N(C)C.CC1C[C@H]2CC[C@@H](C1)N2c1nc2c(nc1Br)c(I)cn2S(=O)(=O)N(C)C. The second-order valence-corrected chi connectivity index (χ2v) is 24.7. The van der Waals surface area contributed by atoms with Crippen LogP contribution in [0.5, 0.6) is 0 Å². The third kappa shape index (κ3) is 7.44. The van der Waals surface area contributed by atoms with E-state index in [0.717, 1.165) is 77.6 Å². The minimum absolute atomic E-state index is 0.289. The summed E-state index contributed by atoms with van der Waals surface area (Å²) in [5.41, 5.74) is 3.79. The number of benzene rings is 1. The molecule has 22 heteroatoms. The second kappa shape index (κ2) is 16.3. The Morgan fingerprint density at radius 2 is 1.13 bits per heavy atom. The van der Waals surface area contributed by atoms with Crippen LogP contribution in [0.25, 0.3) is 44.4 Å². The molecular formula is C40H48Br2ClIN12O4S2. The molecule has 9 heterocycles. The number of aryl methyl sites for hydroxylation is 1. The van der Waals surface area contributed by atoms with Crippen molar-refractivity contribution in [3.8, 4) is 11.1 Å². The van der Waals surface area contributed by atoms with Crippen molar-refractivity contribution in [3.63, 3.8) is 0 Å². The van der Waals surface area contributed by atoms with Crippen LogP contribution in [-0.2, 0) is 27.5 Å². The fourth-order valence-electron chi connectivity index (χ4n) is 10.1. The summed E-state index contributed by atoms with van der Waals surface area (Å²) in [6, 6.07) is 5.42. The van der Waals surface area contributed by atoms with Gasteiger partial charge in [-0.2, -0.15) is 30.5 Å². The molecule has 0 radical (unpaired) electrons. The molecule has 62 heavy (non-hydrogen) atoms. The number of halogens is 4. The number of hydrogen-bond acceptors (Lipinski definition) is 11. The fourth-order valence-corrected chi connectivity index (χ4v) is 14.1. The van der Waals surface area contributed by atoms with Gasteiger partial charge in [0, 0.05) is 94.5 Å². The smallest absolute Gasteiger partial charge is 0.308 e. The molecule has 6 aromatic rings. The van der Waals surface area contributed by atoms with Crippen LogP contribution in [0.2, 0.25) is 5.02 Å². The number of fused-ring (bicyclic) bond motifs is 7. The van der Waals surface area contributed by atoms with Crippen molar-refractivity contribution < 1.29 is 16.8 Å². The molecule has 0 spiro atoms. The zero-order valence-corrected chi connectivity index (χ0v) is 43.1. The molecule has 0 aliphatic carbocycles. The highest BCUT2D eigenvalue weighted by atomic mass is 127. The van der Waals surface area contributed by atoms with Crippen molar-refractivity contribution in [1.29, 1.82) is 0 Å². The van der Waals surface area contributed by atoms with Gasteiger partial charge < -0.3 is 9.80 Å². The third-order valence-electron chi connectivity index (χ3n) is 12.9. The Hall–Kier alpha value is -2.67. The first-order chi connectivity index (χ1) is 29.3. The lowest BCUT2D eigenvalue weighted by Crippen LogP contribution is -2.43. The highest BCUT2D eigenvalue weighted by Gasteiger charge is 2.43. The van der Waals surface area contributed by atoms with E-state index in [0.29, 0.717) is 77.9 Å².